The van der Waals surface area contributed by atoms with Crippen LogP contribution >= 0.6 is 0 Å². The lowest BCUT2D eigenvalue weighted by Crippen LogP contribution is -2.35. The van der Waals surface area contributed by atoms with Crippen LogP contribution in [0.25, 0.3) is 0 Å². The van der Waals surface area contributed by atoms with Crippen molar-refractivity contribution in [2.24, 2.45) is 10.9 Å². The zero-order valence-corrected chi connectivity index (χ0v) is 15.1. The van der Waals surface area contributed by atoms with Crippen molar-refractivity contribution in [2.75, 3.05) is 28.2 Å². The average molecular weight is 318 g/mol. The van der Waals surface area contributed by atoms with Gasteiger partial charge in [-0.2, -0.15) is 0 Å². The lowest BCUT2D eigenvalue weighted by Gasteiger charge is -2.26. The van der Waals surface area contributed by atoms with Crippen molar-refractivity contribution in [3.05, 3.63) is 23.9 Å². The fourth-order valence-corrected chi connectivity index (χ4v) is 2.98. The fourth-order valence-electron chi connectivity index (χ4n) is 2.98. The molecule has 1 heterocycles. The van der Waals surface area contributed by atoms with Gasteiger partial charge in [0, 0.05) is 40.5 Å². The summed E-state index contributed by atoms with van der Waals surface area (Å²) in [5.74, 6) is 2.51. The Bertz CT molecular complexity index is 510. The van der Waals surface area contributed by atoms with E-state index in [1.165, 1.54) is 12.8 Å². The number of aliphatic imine (C=N–C) groups is 1. The zero-order chi connectivity index (χ0) is 16.8. The normalized spacial score (nSPS) is 20.7. The van der Waals surface area contributed by atoms with E-state index in [0.29, 0.717) is 12.6 Å². The van der Waals surface area contributed by atoms with Crippen molar-refractivity contribution in [1.29, 1.82) is 0 Å². The Morgan fingerprint density at radius 1 is 1.17 bits per heavy atom. The largest absolute Gasteiger partial charge is 0.474 e. The number of rotatable bonds is 4. The highest BCUT2D eigenvalue weighted by Crippen LogP contribution is 2.26. The summed E-state index contributed by atoms with van der Waals surface area (Å²) < 4.78 is 6.07. The van der Waals surface area contributed by atoms with E-state index in [2.05, 4.69) is 16.9 Å². The Morgan fingerprint density at radius 2 is 1.83 bits per heavy atom. The SMILES string of the molecule is CC1CCC(Oc2cc(CN=C(N(C)C)N(C)C)ccn2)CC1. The maximum atomic E-state index is 6.07. The Labute approximate surface area is 140 Å². The maximum absolute atomic E-state index is 6.07. The summed E-state index contributed by atoms with van der Waals surface area (Å²) in [6, 6.07) is 4.02. The minimum atomic E-state index is 0.316. The van der Waals surface area contributed by atoms with Crippen molar-refractivity contribution in [1.82, 2.24) is 14.8 Å². The van der Waals surface area contributed by atoms with Crippen LogP contribution in [-0.2, 0) is 6.54 Å². The number of hydrogen-bond donors (Lipinski definition) is 0. The second-order valence-electron chi connectivity index (χ2n) is 6.91. The molecule has 0 aliphatic heterocycles. The number of nitrogens with zero attached hydrogens (tertiary/aromatic N) is 4. The summed E-state index contributed by atoms with van der Waals surface area (Å²) in [5.41, 5.74) is 1.13. The van der Waals surface area contributed by atoms with Gasteiger partial charge in [0.05, 0.1) is 6.54 Å². The van der Waals surface area contributed by atoms with Crippen molar-refractivity contribution >= 4 is 5.96 Å². The molecule has 23 heavy (non-hydrogen) atoms. The first-order valence-corrected chi connectivity index (χ1v) is 8.46. The smallest absolute Gasteiger partial charge is 0.213 e. The number of aromatic nitrogens is 1. The van der Waals surface area contributed by atoms with E-state index in [9.17, 15) is 0 Å². The van der Waals surface area contributed by atoms with Crippen molar-refractivity contribution < 1.29 is 4.74 Å². The third kappa shape index (κ3) is 5.41. The van der Waals surface area contributed by atoms with Crippen LogP contribution in [0.3, 0.4) is 0 Å². The van der Waals surface area contributed by atoms with Crippen LogP contribution in [0.15, 0.2) is 23.3 Å². The quantitative estimate of drug-likeness (QED) is 0.632. The third-order valence-corrected chi connectivity index (χ3v) is 4.25. The summed E-state index contributed by atoms with van der Waals surface area (Å²) in [7, 11) is 8.02. The van der Waals surface area contributed by atoms with Crippen LogP contribution < -0.4 is 4.74 Å². The Balaban J connectivity index is 1.98. The number of pyridine rings is 1. The van der Waals surface area contributed by atoms with E-state index in [1.54, 1.807) is 0 Å². The number of hydrogen-bond acceptors (Lipinski definition) is 3. The van der Waals surface area contributed by atoms with Crippen LogP contribution in [0.5, 0.6) is 5.88 Å². The Hall–Kier alpha value is -1.78. The standard InChI is InChI=1S/C18H30N4O/c1-14-6-8-16(9-7-14)23-17-12-15(10-11-19-17)13-20-18(21(2)3)22(4)5/h10-12,14,16H,6-9,13H2,1-5H3. The first kappa shape index (κ1) is 17.6. The van der Waals surface area contributed by atoms with Crippen molar-refractivity contribution in [3.63, 3.8) is 0 Å². The van der Waals surface area contributed by atoms with Crippen LogP contribution in [0.4, 0.5) is 0 Å². The maximum Gasteiger partial charge on any atom is 0.213 e. The molecule has 0 atom stereocenters. The monoisotopic (exact) mass is 318 g/mol. The molecule has 0 unspecified atom stereocenters. The van der Waals surface area contributed by atoms with E-state index in [1.807, 2.05) is 56.3 Å². The molecule has 5 heteroatoms. The molecule has 0 aromatic carbocycles. The molecule has 0 amide bonds. The third-order valence-electron chi connectivity index (χ3n) is 4.25. The molecule has 1 aliphatic carbocycles. The molecule has 0 bridgehead atoms. The molecule has 0 spiro atoms. The molecule has 0 radical (unpaired) electrons. The molecule has 1 aliphatic rings. The van der Waals surface area contributed by atoms with Crippen LogP contribution in [0, 0.1) is 5.92 Å². The molecule has 0 saturated heterocycles. The van der Waals surface area contributed by atoms with Gasteiger partial charge in [0.15, 0.2) is 5.96 Å². The van der Waals surface area contributed by atoms with E-state index in [0.717, 1.165) is 36.2 Å². The Morgan fingerprint density at radius 3 is 2.43 bits per heavy atom. The topological polar surface area (TPSA) is 41.0 Å². The van der Waals surface area contributed by atoms with Gasteiger partial charge in [-0.05, 0) is 43.2 Å². The zero-order valence-electron chi connectivity index (χ0n) is 15.1. The second-order valence-corrected chi connectivity index (χ2v) is 6.91. The van der Waals surface area contributed by atoms with Crippen LogP contribution in [-0.4, -0.2) is 55.0 Å². The molecule has 2 rings (SSSR count). The first-order chi connectivity index (χ1) is 11.0. The van der Waals surface area contributed by atoms with E-state index in [4.69, 9.17) is 4.74 Å². The minimum Gasteiger partial charge on any atom is -0.474 e. The second kappa shape index (κ2) is 8.18. The summed E-state index contributed by atoms with van der Waals surface area (Å²) >= 11 is 0. The molecule has 1 aromatic heterocycles. The molecule has 128 valence electrons. The highest BCUT2D eigenvalue weighted by atomic mass is 16.5. The minimum absolute atomic E-state index is 0.316. The molecular formula is C18H30N4O. The molecule has 1 fully saturated rings. The van der Waals surface area contributed by atoms with Gasteiger partial charge in [0.2, 0.25) is 5.88 Å². The Kier molecular flexibility index (Phi) is 6.25. The van der Waals surface area contributed by atoms with Gasteiger partial charge in [-0.25, -0.2) is 9.98 Å². The lowest BCUT2D eigenvalue weighted by molar-refractivity contribution is 0.130. The van der Waals surface area contributed by atoms with Crippen LogP contribution in [0.1, 0.15) is 38.2 Å². The summed E-state index contributed by atoms with van der Waals surface area (Å²) in [5, 5.41) is 0. The molecule has 1 aromatic rings. The molecule has 1 saturated carbocycles. The number of ether oxygens (including phenoxy) is 1. The van der Waals surface area contributed by atoms with Gasteiger partial charge < -0.3 is 14.5 Å². The van der Waals surface area contributed by atoms with Crippen molar-refractivity contribution in [3.8, 4) is 5.88 Å². The molecule has 5 nitrogen and oxygen atoms in total. The summed E-state index contributed by atoms with van der Waals surface area (Å²) in [6.07, 6.45) is 6.91. The van der Waals surface area contributed by atoms with E-state index >= 15 is 0 Å². The van der Waals surface area contributed by atoms with E-state index in [-0.39, 0.29) is 0 Å². The fraction of sp³-hybridized carbons (Fsp3) is 0.667. The lowest BCUT2D eigenvalue weighted by atomic mass is 9.89. The first-order valence-electron chi connectivity index (χ1n) is 8.46. The summed E-state index contributed by atoms with van der Waals surface area (Å²) in [4.78, 5) is 13.1. The van der Waals surface area contributed by atoms with Crippen LogP contribution in [0.2, 0.25) is 0 Å². The molecular weight excluding hydrogens is 288 g/mol. The number of guanidine groups is 1. The van der Waals surface area contributed by atoms with Crippen molar-refractivity contribution in [2.45, 2.75) is 45.3 Å². The van der Waals surface area contributed by atoms with Gasteiger partial charge in [0.1, 0.15) is 6.10 Å². The van der Waals surface area contributed by atoms with Gasteiger partial charge >= 0.3 is 0 Å². The van der Waals surface area contributed by atoms with E-state index < -0.39 is 0 Å². The van der Waals surface area contributed by atoms with Gasteiger partial charge in [-0.1, -0.05) is 6.92 Å². The average Bonchev–Trinajstić information content (AvgIpc) is 2.49. The predicted octanol–water partition coefficient (Wildman–Crippen LogP) is 3.02. The molecule has 0 N–H and O–H groups in total. The highest BCUT2D eigenvalue weighted by Gasteiger charge is 2.19. The van der Waals surface area contributed by atoms with Gasteiger partial charge in [-0.15, -0.1) is 0 Å². The van der Waals surface area contributed by atoms with Gasteiger partial charge in [0.25, 0.3) is 0 Å². The van der Waals surface area contributed by atoms with Gasteiger partial charge in [-0.3, -0.25) is 0 Å². The highest BCUT2D eigenvalue weighted by molar-refractivity contribution is 5.79. The predicted molar refractivity (Wildman–Crippen MR) is 94.8 cm³/mol. The summed E-state index contributed by atoms with van der Waals surface area (Å²) in [6.45, 7) is 2.95.